The second-order valence-corrected chi connectivity index (χ2v) is 3.25. The van der Waals surface area contributed by atoms with Crippen molar-refractivity contribution in [2.75, 3.05) is 13.2 Å². The highest BCUT2D eigenvalue weighted by atomic mass is 19.1. The van der Waals surface area contributed by atoms with Crippen LogP contribution < -0.4 is 5.32 Å². The maximum Gasteiger partial charge on any atom is 0.179 e. The number of hydrogen-bond acceptors (Lipinski definition) is 2. The summed E-state index contributed by atoms with van der Waals surface area (Å²) >= 11 is 0. The first-order valence-electron chi connectivity index (χ1n) is 3.63. The molecule has 0 saturated carbocycles. The molecule has 0 amide bonds. The molecule has 0 aliphatic heterocycles. The summed E-state index contributed by atoms with van der Waals surface area (Å²) in [7, 11) is 0. The molecule has 0 spiro atoms. The molecule has 0 aromatic carbocycles. The van der Waals surface area contributed by atoms with Crippen LogP contribution in [0.5, 0.6) is 0 Å². The van der Waals surface area contributed by atoms with Crippen LogP contribution in [0.4, 0.5) is 4.39 Å². The van der Waals surface area contributed by atoms with Gasteiger partial charge in [0.15, 0.2) is 5.88 Å². The van der Waals surface area contributed by atoms with Gasteiger partial charge in [-0.3, -0.25) is 0 Å². The zero-order valence-electron chi connectivity index (χ0n) is 7.41. The van der Waals surface area contributed by atoms with E-state index >= 15 is 0 Å². The number of rotatable bonds is 4. The fourth-order valence-electron chi connectivity index (χ4n) is 0.592. The zero-order chi connectivity index (χ0) is 8.91. The lowest BCUT2D eigenvalue weighted by Gasteiger charge is -2.22. The Morgan fingerprint density at radius 2 is 2.09 bits per heavy atom. The normalized spacial score (nSPS) is 10.9. The van der Waals surface area contributed by atoms with Gasteiger partial charge < -0.3 is 10.1 Å². The maximum atomic E-state index is 11.6. The van der Waals surface area contributed by atoms with E-state index in [0.717, 1.165) is 0 Å². The molecule has 3 heteroatoms. The van der Waals surface area contributed by atoms with E-state index in [1.165, 1.54) is 0 Å². The van der Waals surface area contributed by atoms with Crippen molar-refractivity contribution >= 4 is 0 Å². The number of nitrogens with one attached hydrogen (secondary N) is 1. The first-order chi connectivity index (χ1) is 4.95. The molecule has 66 valence electrons. The summed E-state index contributed by atoms with van der Waals surface area (Å²) in [5.74, 6) is 0.426. The van der Waals surface area contributed by atoms with Crippen molar-refractivity contribution in [1.29, 1.82) is 0 Å². The minimum absolute atomic E-state index is 0.259. The Morgan fingerprint density at radius 1 is 1.55 bits per heavy atom. The summed E-state index contributed by atoms with van der Waals surface area (Å²) in [5, 5.41) is 2.70. The first-order valence-corrected chi connectivity index (χ1v) is 3.63. The van der Waals surface area contributed by atoms with Gasteiger partial charge in [-0.2, -0.15) is 0 Å². The molecule has 0 aromatic heterocycles. The van der Waals surface area contributed by atoms with Crippen molar-refractivity contribution in [3.8, 4) is 0 Å². The second kappa shape index (κ2) is 4.21. The summed E-state index contributed by atoms with van der Waals surface area (Å²) in [6.45, 7) is 9.16. The third kappa shape index (κ3) is 7.16. The van der Waals surface area contributed by atoms with Crippen molar-refractivity contribution in [2.45, 2.75) is 26.4 Å². The van der Waals surface area contributed by atoms with Gasteiger partial charge in [0, 0.05) is 6.54 Å². The Bertz CT molecular complexity index is 129. The highest BCUT2D eigenvalue weighted by molar-refractivity contribution is 4.82. The van der Waals surface area contributed by atoms with Crippen LogP contribution in [-0.2, 0) is 4.74 Å². The van der Waals surface area contributed by atoms with E-state index < -0.39 is 6.67 Å². The fraction of sp³-hybridized carbons (Fsp3) is 0.750. The number of ether oxygens (including phenoxy) is 1. The summed E-state index contributed by atoms with van der Waals surface area (Å²) in [4.78, 5) is 0. The molecule has 0 aromatic rings. The first kappa shape index (κ1) is 10.3. The van der Waals surface area contributed by atoms with Crippen molar-refractivity contribution in [3.05, 3.63) is 12.5 Å². The molecule has 2 nitrogen and oxygen atoms in total. The number of alkyl halides is 1. The third-order valence-electron chi connectivity index (χ3n) is 0.846. The van der Waals surface area contributed by atoms with Gasteiger partial charge in [0.2, 0.25) is 0 Å². The molecule has 0 aliphatic rings. The van der Waals surface area contributed by atoms with Gasteiger partial charge in [-0.05, 0) is 27.4 Å². The van der Waals surface area contributed by atoms with E-state index in [4.69, 9.17) is 4.74 Å². The van der Waals surface area contributed by atoms with Crippen LogP contribution in [0.2, 0.25) is 0 Å². The van der Waals surface area contributed by atoms with Gasteiger partial charge in [-0.1, -0.05) is 0 Å². The van der Waals surface area contributed by atoms with Crippen LogP contribution in [0.25, 0.3) is 0 Å². The number of halogens is 1. The Balaban J connectivity index is 3.53. The Hall–Kier alpha value is -0.730. The lowest BCUT2D eigenvalue weighted by Crippen LogP contribution is -2.26. The lowest BCUT2D eigenvalue weighted by molar-refractivity contribution is 0.0412. The summed E-state index contributed by atoms with van der Waals surface area (Å²) < 4.78 is 16.9. The van der Waals surface area contributed by atoms with Crippen molar-refractivity contribution < 1.29 is 9.13 Å². The highest BCUT2D eigenvalue weighted by Gasteiger charge is 2.11. The summed E-state index contributed by atoms with van der Waals surface area (Å²) in [5.41, 5.74) is -0.263. The van der Waals surface area contributed by atoms with Gasteiger partial charge in [0.1, 0.15) is 12.3 Å². The van der Waals surface area contributed by atoms with Crippen molar-refractivity contribution in [1.82, 2.24) is 5.32 Å². The van der Waals surface area contributed by atoms with Gasteiger partial charge in [0.05, 0.1) is 0 Å². The molecule has 1 N–H and O–H groups in total. The number of hydrogen-bond donors (Lipinski definition) is 1. The molecular weight excluding hydrogens is 145 g/mol. The molecule has 0 heterocycles. The van der Waals surface area contributed by atoms with Gasteiger partial charge in [-0.15, -0.1) is 0 Å². The van der Waals surface area contributed by atoms with E-state index in [-0.39, 0.29) is 12.1 Å². The Labute approximate surface area is 67.4 Å². The monoisotopic (exact) mass is 161 g/mol. The standard InChI is InChI=1S/C8H16FNO/c1-7(10-6-5-9)11-8(2,3)4/h10H,1,5-6H2,2-4H3. The fourth-order valence-corrected chi connectivity index (χ4v) is 0.592. The molecule has 0 atom stereocenters. The summed E-state index contributed by atoms with van der Waals surface area (Å²) in [6, 6.07) is 0. The van der Waals surface area contributed by atoms with E-state index in [9.17, 15) is 4.39 Å². The maximum absolute atomic E-state index is 11.6. The molecule has 0 rings (SSSR count). The van der Waals surface area contributed by atoms with Gasteiger partial charge >= 0.3 is 0 Å². The average Bonchev–Trinajstić information content (AvgIpc) is 1.79. The SMILES string of the molecule is C=C(NCCF)OC(C)(C)C. The molecule has 11 heavy (non-hydrogen) atoms. The molecule has 0 unspecified atom stereocenters. The van der Waals surface area contributed by atoms with Crippen molar-refractivity contribution in [3.63, 3.8) is 0 Å². The third-order valence-corrected chi connectivity index (χ3v) is 0.846. The highest BCUT2D eigenvalue weighted by Crippen LogP contribution is 2.09. The van der Waals surface area contributed by atoms with Crippen LogP contribution in [0, 0.1) is 0 Å². The minimum atomic E-state index is -0.410. The predicted molar refractivity (Wildman–Crippen MR) is 44.0 cm³/mol. The predicted octanol–water partition coefficient (Wildman–Crippen LogP) is 1.83. The lowest BCUT2D eigenvalue weighted by atomic mass is 10.2. The Morgan fingerprint density at radius 3 is 2.45 bits per heavy atom. The quantitative estimate of drug-likeness (QED) is 0.635. The van der Waals surface area contributed by atoms with Crippen LogP contribution in [0.3, 0.4) is 0 Å². The second-order valence-electron chi connectivity index (χ2n) is 3.25. The minimum Gasteiger partial charge on any atom is -0.474 e. The topological polar surface area (TPSA) is 21.3 Å². The smallest absolute Gasteiger partial charge is 0.179 e. The van der Waals surface area contributed by atoms with E-state index in [1.54, 1.807) is 0 Å². The van der Waals surface area contributed by atoms with E-state index in [1.807, 2.05) is 20.8 Å². The van der Waals surface area contributed by atoms with E-state index in [2.05, 4.69) is 11.9 Å². The van der Waals surface area contributed by atoms with Crippen LogP contribution in [0.1, 0.15) is 20.8 Å². The van der Waals surface area contributed by atoms with Gasteiger partial charge in [0.25, 0.3) is 0 Å². The van der Waals surface area contributed by atoms with Crippen LogP contribution in [0.15, 0.2) is 12.5 Å². The molecule has 0 bridgehead atoms. The van der Waals surface area contributed by atoms with Crippen LogP contribution >= 0.6 is 0 Å². The summed E-state index contributed by atoms with van der Waals surface area (Å²) in [6.07, 6.45) is 0. The molecule has 0 fully saturated rings. The van der Waals surface area contributed by atoms with Gasteiger partial charge in [-0.25, -0.2) is 4.39 Å². The molecule has 0 radical (unpaired) electrons. The zero-order valence-corrected chi connectivity index (χ0v) is 7.41. The van der Waals surface area contributed by atoms with Crippen molar-refractivity contribution in [2.24, 2.45) is 0 Å². The molecule has 0 saturated heterocycles. The Kier molecular flexibility index (Phi) is 3.93. The largest absolute Gasteiger partial charge is 0.474 e. The van der Waals surface area contributed by atoms with E-state index in [0.29, 0.717) is 5.88 Å². The molecular formula is C8H16FNO. The average molecular weight is 161 g/mol. The molecule has 0 aliphatic carbocycles. The van der Waals surface area contributed by atoms with Crippen LogP contribution in [-0.4, -0.2) is 18.8 Å².